The zero-order chi connectivity index (χ0) is 18.9. The van der Waals surface area contributed by atoms with Crippen molar-refractivity contribution in [2.45, 2.75) is 18.9 Å². The van der Waals surface area contributed by atoms with Gasteiger partial charge in [-0.1, -0.05) is 6.07 Å². The molecule has 5 heterocycles. The van der Waals surface area contributed by atoms with Crippen molar-refractivity contribution < 1.29 is 4.79 Å². The summed E-state index contributed by atoms with van der Waals surface area (Å²) in [5.41, 5.74) is 2.74. The number of rotatable bonds is 2. The number of pyridine rings is 3. The highest BCUT2D eigenvalue weighted by atomic mass is 16.2. The van der Waals surface area contributed by atoms with E-state index in [0.29, 0.717) is 11.6 Å². The van der Waals surface area contributed by atoms with Crippen LogP contribution >= 0.6 is 0 Å². The van der Waals surface area contributed by atoms with Crippen LogP contribution in [0.2, 0.25) is 0 Å². The van der Waals surface area contributed by atoms with E-state index in [2.05, 4.69) is 26.3 Å². The molecular formula is C21H20N6O. The zero-order valence-electron chi connectivity index (χ0n) is 15.3. The van der Waals surface area contributed by atoms with Crippen molar-refractivity contribution in [1.29, 1.82) is 0 Å². The smallest absolute Gasteiger partial charge is 0.329 e. The van der Waals surface area contributed by atoms with E-state index < -0.39 is 0 Å². The number of amides is 2. The molecule has 5 rings (SSSR count). The number of hydrogen-bond acceptors (Lipinski definition) is 5. The molecule has 2 amide bonds. The first-order valence-corrected chi connectivity index (χ1v) is 9.47. The number of hydrogen-bond donors (Lipinski definition) is 1. The molecule has 0 aromatic carbocycles. The van der Waals surface area contributed by atoms with E-state index in [9.17, 15) is 4.79 Å². The lowest BCUT2D eigenvalue weighted by Gasteiger charge is -2.45. The van der Waals surface area contributed by atoms with E-state index in [1.807, 2.05) is 30.3 Å². The van der Waals surface area contributed by atoms with Crippen LogP contribution in [-0.2, 0) is 0 Å². The summed E-state index contributed by atoms with van der Waals surface area (Å²) < 4.78 is 0. The lowest BCUT2D eigenvalue weighted by Crippen LogP contribution is -2.56. The molecule has 2 aliphatic heterocycles. The Morgan fingerprint density at radius 3 is 2.89 bits per heavy atom. The van der Waals surface area contributed by atoms with Gasteiger partial charge in [0.2, 0.25) is 0 Å². The van der Waals surface area contributed by atoms with Gasteiger partial charge in [-0.3, -0.25) is 15.2 Å². The van der Waals surface area contributed by atoms with E-state index >= 15 is 0 Å². The standard InChI is InChI=1S/C21H20N6O/c28-21(25-19-7-1-2-11-23-19)27-16-6-4-12-26(14-16)18-9-8-17(24-20(18)27)15-5-3-10-22-13-15/h1-3,5,7-11,13,16H,4,6,12,14H2,(H,23,25,28)/t16-/m0/s1. The third-order valence-corrected chi connectivity index (χ3v) is 5.26. The van der Waals surface area contributed by atoms with Crippen molar-refractivity contribution in [3.63, 3.8) is 0 Å². The average Bonchev–Trinajstić information content (AvgIpc) is 2.75. The number of anilines is 3. The van der Waals surface area contributed by atoms with Gasteiger partial charge in [0.15, 0.2) is 5.82 Å². The molecule has 0 aliphatic carbocycles. The van der Waals surface area contributed by atoms with Gasteiger partial charge in [0.25, 0.3) is 0 Å². The maximum absolute atomic E-state index is 13.2. The molecule has 3 aromatic heterocycles. The number of fused-ring (bicyclic) bond motifs is 4. The van der Waals surface area contributed by atoms with Gasteiger partial charge in [-0.05, 0) is 49.2 Å². The normalized spacial score (nSPS) is 17.8. The van der Waals surface area contributed by atoms with Crippen LogP contribution in [0.25, 0.3) is 11.3 Å². The van der Waals surface area contributed by atoms with Crippen molar-refractivity contribution in [2.24, 2.45) is 0 Å². The average molecular weight is 372 g/mol. The highest BCUT2D eigenvalue weighted by Crippen LogP contribution is 2.39. The van der Waals surface area contributed by atoms with Gasteiger partial charge in [-0.25, -0.2) is 14.8 Å². The van der Waals surface area contributed by atoms with Crippen molar-refractivity contribution in [3.05, 3.63) is 61.1 Å². The molecule has 0 radical (unpaired) electrons. The largest absolute Gasteiger partial charge is 0.366 e. The van der Waals surface area contributed by atoms with Gasteiger partial charge in [-0.15, -0.1) is 0 Å². The molecule has 0 spiro atoms. The molecule has 140 valence electrons. The molecule has 7 nitrogen and oxygen atoms in total. The molecule has 0 saturated carbocycles. The number of carbonyl (C=O) groups is 1. The van der Waals surface area contributed by atoms with Crippen LogP contribution in [0.1, 0.15) is 12.8 Å². The van der Waals surface area contributed by atoms with E-state index in [1.165, 1.54) is 0 Å². The Bertz CT molecular complexity index is 994. The third-order valence-electron chi connectivity index (χ3n) is 5.26. The highest BCUT2D eigenvalue weighted by Gasteiger charge is 2.38. The van der Waals surface area contributed by atoms with Crippen molar-refractivity contribution in [1.82, 2.24) is 15.0 Å². The summed E-state index contributed by atoms with van der Waals surface area (Å²) in [6.07, 6.45) is 7.22. The minimum atomic E-state index is -0.192. The number of urea groups is 1. The summed E-state index contributed by atoms with van der Waals surface area (Å²) >= 11 is 0. The number of nitrogens with zero attached hydrogens (tertiary/aromatic N) is 5. The number of carbonyl (C=O) groups excluding carboxylic acids is 1. The minimum Gasteiger partial charge on any atom is -0.366 e. The second-order valence-corrected chi connectivity index (χ2v) is 7.04. The summed E-state index contributed by atoms with van der Waals surface area (Å²) in [6, 6.07) is 13.3. The molecule has 2 bridgehead atoms. The molecule has 1 atom stereocenters. The minimum absolute atomic E-state index is 0.0987. The Morgan fingerprint density at radius 1 is 1.11 bits per heavy atom. The zero-order valence-corrected chi connectivity index (χ0v) is 15.3. The fraction of sp³-hybridized carbons (Fsp3) is 0.238. The van der Waals surface area contributed by atoms with Crippen LogP contribution in [0, 0.1) is 0 Å². The lowest BCUT2D eigenvalue weighted by atomic mass is 9.99. The van der Waals surface area contributed by atoms with E-state index in [-0.39, 0.29) is 12.1 Å². The van der Waals surface area contributed by atoms with Gasteiger partial charge in [0.05, 0.1) is 17.4 Å². The van der Waals surface area contributed by atoms with Crippen LogP contribution in [0.3, 0.4) is 0 Å². The van der Waals surface area contributed by atoms with Crippen molar-refractivity contribution >= 4 is 23.4 Å². The first-order valence-electron chi connectivity index (χ1n) is 9.47. The van der Waals surface area contributed by atoms with Gasteiger partial charge in [0.1, 0.15) is 5.82 Å². The summed E-state index contributed by atoms with van der Waals surface area (Å²) in [7, 11) is 0. The Balaban J connectivity index is 1.55. The number of aromatic nitrogens is 3. The quantitative estimate of drug-likeness (QED) is 0.744. The SMILES string of the molecule is O=C(Nc1ccccn1)N1c2nc(-c3cccnc3)ccc2N2CCC[C@H]1C2. The van der Waals surface area contributed by atoms with Gasteiger partial charge < -0.3 is 4.90 Å². The monoisotopic (exact) mass is 372 g/mol. The Morgan fingerprint density at radius 2 is 2.07 bits per heavy atom. The first-order chi connectivity index (χ1) is 13.8. The summed E-state index contributed by atoms with van der Waals surface area (Å²) in [5, 5.41) is 2.92. The predicted molar refractivity (Wildman–Crippen MR) is 108 cm³/mol. The molecule has 0 unspecified atom stereocenters. The molecule has 1 fully saturated rings. The van der Waals surface area contributed by atoms with E-state index in [4.69, 9.17) is 4.98 Å². The predicted octanol–water partition coefficient (Wildman–Crippen LogP) is 3.56. The van der Waals surface area contributed by atoms with Crippen molar-refractivity contribution in [2.75, 3.05) is 28.2 Å². The third kappa shape index (κ3) is 2.94. The number of piperidine rings is 1. The van der Waals surface area contributed by atoms with Crippen LogP contribution in [0.15, 0.2) is 61.1 Å². The topological polar surface area (TPSA) is 74.2 Å². The molecule has 2 aliphatic rings. The van der Waals surface area contributed by atoms with Gasteiger partial charge in [0, 0.05) is 37.2 Å². The second-order valence-electron chi connectivity index (χ2n) is 7.04. The molecule has 7 heteroatoms. The second kappa shape index (κ2) is 6.92. The van der Waals surface area contributed by atoms with E-state index in [0.717, 1.165) is 42.9 Å². The molecule has 3 aromatic rings. The van der Waals surface area contributed by atoms with E-state index in [1.54, 1.807) is 29.6 Å². The van der Waals surface area contributed by atoms with Gasteiger partial charge in [-0.2, -0.15) is 0 Å². The molecule has 1 N–H and O–H groups in total. The number of nitrogens with one attached hydrogen (secondary N) is 1. The van der Waals surface area contributed by atoms with Crippen LogP contribution < -0.4 is 15.1 Å². The molecular weight excluding hydrogens is 352 g/mol. The van der Waals surface area contributed by atoms with Crippen LogP contribution in [-0.4, -0.2) is 40.1 Å². The van der Waals surface area contributed by atoms with Crippen LogP contribution in [0.4, 0.5) is 22.1 Å². The highest BCUT2D eigenvalue weighted by molar-refractivity contribution is 6.04. The summed E-state index contributed by atoms with van der Waals surface area (Å²) in [4.78, 5) is 30.6. The lowest BCUT2D eigenvalue weighted by molar-refractivity contribution is 0.252. The summed E-state index contributed by atoms with van der Waals surface area (Å²) in [5.74, 6) is 1.24. The molecule has 1 saturated heterocycles. The molecule has 28 heavy (non-hydrogen) atoms. The fourth-order valence-electron chi connectivity index (χ4n) is 3.97. The maximum atomic E-state index is 13.2. The van der Waals surface area contributed by atoms with Gasteiger partial charge >= 0.3 is 6.03 Å². The Labute approximate surface area is 163 Å². The Hall–Kier alpha value is -3.48. The summed E-state index contributed by atoms with van der Waals surface area (Å²) in [6.45, 7) is 1.82. The van der Waals surface area contributed by atoms with Crippen molar-refractivity contribution in [3.8, 4) is 11.3 Å². The fourth-order valence-corrected chi connectivity index (χ4v) is 3.97. The maximum Gasteiger partial charge on any atom is 0.329 e. The first kappa shape index (κ1) is 16.7. The van der Waals surface area contributed by atoms with Crippen LogP contribution in [0.5, 0.6) is 0 Å². The Kier molecular flexibility index (Phi) is 4.12.